The Kier molecular flexibility index (Phi) is 9.27. The number of hydrogen-bond donors (Lipinski definition) is 2. The maximum Gasteiger partial charge on any atom is 0.266 e. The van der Waals surface area contributed by atoms with Crippen LogP contribution in [0.2, 0.25) is 0 Å². The second-order valence-corrected chi connectivity index (χ2v) is 7.88. The predicted molar refractivity (Wildman–Crippen MR) is 64.0 cm³/mol. The Morgan fingerprint density at radius 1 is 0.867 bits per heavy atom. The Labute approximate surface area is 127 Å². The zero-order chi connectivity index (χ0) is 11.6. The summed E-state index contributed by atoms with van der Waals surface area (Å²) in [5, 5.41) is 0. The normalized spacial score (nSPS) is 16.5. The van der Waals surface area contributed by atoms with Crippen LogP contribution >= 0.6 is 31.9 Å². The summed E-state index contributed by atoms with van der Waals surface area (Å²) in [5.41, 5.74) is 0. The number of rotatable bonds is 5. The van der Waals surface area contributed by atoms with Gasteiger partial charge in [0, 0.05) is 39.2 Å². The third kappa shape index (κ3) is 12.0. The van der Waals surface area contributed by atoms with Crippen molar-refractivity contribution in [3.63, 3.8) is 0 Å². The molecule has 0 aromatic heterocycles. The van der Waals surface area contributed by atoms with Crippen LogP contribution in [0.1, 0.15) is 0 Å². The van der Waals surface area contributed by atoms with E-state index in [1.165, 1.54) is 0 Å². The summed E-state index contributed by atoms with van der Waals surface area (Å²) < 4.78 is 58.5. The molecule has 0 aromatic carbocycles. The summed E-state index contributed by atoms with van der Waals surface area (Å²) in [4.78, 5) is -1.61. The van der Waals surface area contributed by atoms with Gasteiger partial charge in [0.05, 0.1) is 11.5 Å². The van der Waals surface area contributed by atoms with Crippen LogP contribution in [0.25, 0.3) is 0 Å². The molecule has 0 aromatic rings. The summed E-state index contributed by atoms with van der Waals surface area (Å²) in [6, 6.07) is 0. The van der Waals surface area contributed by atoms with Crippen LogP contribution in [0.5, 0.6) is 0 Å². The molecule has 0 aliphatic rings. The number of hydrogen-bond acceptors (Lipinski definition) is 4. The van der Waals surface area contributed by atoms with Crippen LogP contribution < -0.4 is 0 Å². The monoisotopic (exact) mass is 397 g/mol. The van der Waals surface area contributed by atoms with Gasteiger partial charge in [0.1, 0.15) is 0 Å². The fourth-order valence-corrected chi connectivity index (χ4v) is 4.75. The van der Waals surface area contributed by atoms with Gasteiger partial charge in [-0.25, -0.2) is 0 Å². The van der Waals surface area contributed by atoms with Crippen molar-refractivity contribution >= 4 is 81.7 Å². The van der Waals surface area contributed by atoms with Crippen molar-refractivity contribution in [3.05, 3.63) is 0 Å². The fraction of sp³-hybridized carbons (Fsp3) is 1.00. The van der Waals surface area contributed by atoms with Gasteiger partial charge < -0.3 is 0 Å². The van der Waals surface area contributed by atoms with E-state index < -0.39 is 41.4 Å². The van der Waals surface area contributed by atoms with E-state index in [0.29, 0.717) is 0 Å². The zero-order valence-electron chi connectivity index (χ0n) is 7.67. The molecule has 87 valence electrons. The maximum atomic E-state index is 10.4. The minimum atomic E-state index is -4.18. The average molecular weight is 399 g/mol. The molecule has 2 atom stereocenters. The molecule has 0 saturated carbocycles. The molecule has 11 heteroatoms. The quantitative estimate of drug-likeness (QED) is 0.380. The third-order valence-corrected chi connectivity index (χ3v) is 6.18. The second kappa shape index (κ2) is 7.27. The van der Waals surface area contributed by atoms with Crippen molar-refractivity contribution in [2.45, 2.75) is 9.65 Å². The van der Waals surface area contributed by atoms with Crippen molar-refractivity contribution in [3.8, 4) is 0 Å². The molecule has 0 aliphatic carbocycles. The van der Waals surface area contributed by atoms with E-state index in [4.69, 9.17) is 9.11 Å². The van der Waals surface area contributed by atoms with Gasteiger partial charge in [-0.15, -0.1) is 0 Å². The largest absolute Gasteiger partial charge is 0.286 e. The minimum Gasteiger partial charge on any atom is -0.286 e. The van der Waals surface area contributed by atoms with Crippen LogP contribution in [0.15, 0.2) is 0 Å². The Hall–Kier alpha value is 1.78. The van der Waals surface area contributed by atoms with Crippen LogP contribution in [0.3, 0.4) is 0 Å². The molecule has 0 rings (SSSR count). The molecule has 0 amide bonds. The standard InChI is InChI=1S/C4H8Br2O6S2.Na/c5-3(1-13(7,8)9)4(6)2-14(10,11)12;/h3-4H,1-2H2,(H,7,8,9)(H,10,11,12);. The molecular weight excluding hydrogens is 391 g/mol. The molecule has 0 saturated heterocycles. The van der Waals surface area contributed by atoms with Crippen molar-refractivity contribution in [2.75, 3.05) is 11.5 Å². The summed E-state index contributed by atoms with van der Waals surface area (Å²) >= 11 is 5.74. The van der Waals surface area contributed by atoms with E-state index in [0.717, 1.165) is 0 Å². The van der Waals surface area contributed by atoms with E-state index in [2.05, 4.69) is 31.9 Å². The summed E-state index contributed by atoms with van der Waals surface area (Å²) in [6.07, 6.45) is 0. The van der Waals surface area contributed by atoms with Crippen molar-refractivity contribution in [1.82, 2.24) is 0 Å². The van der Waals surface area contributed by atoms with Crippen molar-refractivity contribution < 1.29 is 25.9 Å². The van der Waals surface area contributed by atoms with E-state index in [1.54, 1.807) is 0 Å². The predicted octanol–water partition coefficient (Wildman–Crippen LogP) is -0.0918. The molecule has 2 N–H and O–H groups in total. The molecular formula is C4H8Br2NaO6S2. The van der Waals surface area contributed by atoms with E-state index in [-0.39, 0.29) is 29.6 Å². The van der Waals surface area contributed by atoms with Gasteiger partial charge in [0.25, 0.3) is 20.2 Å². The van der Waals surface area contributed by atoms with Gasteiger partial charge in [-0.05, 0) is 0 Å². The van der Waals surface area contributed by atoms with Gasteiger partial charge in [0.2, 0.25) is 0 Å². The number of alkyl halides is 2. The van der Waals surface area contributed by atoms with Gasteiger partial charge in [-0.2, -0.15) is 16.8 Å². The molecule has 0 spiro atoms. The van der Waals surface area contributed by atoms with Gasteiger partial charge >= 0.3 is 0 Å². The van der Waals surface area contributed by atoms with Crippen LogP contribution in [0.4, 0.5) is 0 Å². The molecule has 1 radical (unpaired) electrons. The Morgan fingerprint density at radius 2 is 1.07 bits per heavy atom. The molecule has 6 nitrogen and oxygen atoms in total. The summed E-state index contributed by atoms with van der Waals surface area (Å²) in [6.45, 7) is 0. The zero-order valence-corrected chi connectivity index (χ0v) is 14.5. The molecule has 15 heavy (non-hydrogen) atoms. The topological polar surface area (TPSA) is 109 Å². The molecule has 0 fully saturated rings. The first kappa shape index (κ1) is 19.1. The smallest absolute Gasteiger partial charge is 0.266 e. The van der Waals surface area contributed by atoms with Gasteiger partial charge in [-0.1, -0.05) is 31.9 Å². The maximum absolute atomic E-state index is 10.4. The number of halogens is 2. The van der Waals surface area contributed by atoms with Crippen LogP contribution in [0, 0.1) is 0 Å². The van der Waals surface area contributed by atoms with Gasteiger partial charge in [0.15, 0.2) is 0 Å². The van der Waals surface area contributed by atoms with Gasteiger partial charge in [-0.3, -0.25) is 9.11 Å². The molecule has 0 bridgehead atoms. The fourth-order valence-electron chi connectivity index (χ4n) is 0.611. The molecule has 0 heterocycles. The Balaban J connectivity index is 0. The second-order valence-electron chi connectivity index (χ2n) is 2.53. The van der Waals surface area contributed by atoms with E-state index in [1.807, 2.05) is 0 Å². The summed E-state index contributed by atoms with van der Waals surface area (Å²) in [5.74, 6) is -1.28. The Bertz CT molecular complexity index is 340. The first-order chi connectivity index (χ1) is 6.01. The van der Waals surface area contributed by atoms with E-state index >= 15 is 0 Å². The molecule has 2 unspecified atom stereocenters. The average Bonchev–Trinajstić information content (AvgIpc) is 1.78. The summed E-state index contributed by atoms with van der Waals surface area (Å²) in [7, 11) is -8.35. The van der Waals surface area contributed by atoms with Crippen molar-refractivity contribution in [1.29, 1.82) is 0 Å². The third-order valence-electron chi connectivity index (χ3n) is 1.13. The first-order valence-corrected chi connectivity index (χ1v) is 8.25. The van der Waals surface area contributed by atoms with Crippen molar-refractivity contribution in [2.24, 2.45) is 0 Å². The van der Waals surface area contributed by atoms with Crippen LogP contribution in [-0.2, 0) is 20.2 Å². The SMILES string of the molecule is O=S(=O)(O)CC(Br)C(Br)CS(=O)(=O)O.[Na]. The Morgan fingerprint density at radius 3 is 1.20 bits per heavy atom. The van der Waals surface area contributed by atoms with Crippen LogP contribution in [-0.4, -0.2) is 76.7 Å². The first-order valence-electron chi connectivity index (χ1n) is 3.20. The minimum absolute atomic E-state index is 0. The van der Waals surface area contributed by atoms with E-state index in [9.17, 15) is 16.8 Å². The molecule has 0 aliphatic heterocycles.